The Morgan fingerprint density at radius 1 is 1.21 bits per heavy atom. The lowest BCUT2D eigenvalue weighted by atomic mass is 10.1. The highest BCUT2D eigenvalue weighted by atomic mass is 127. The van der Waals surface area contributed by atoms with Gasteiger partial charge < -0.3 is 10.6 Å². The van der Waals surface area contributed by atoms with Gasteiger partial charge in [0.15, 0.2) is 5.96 Å². The van der Waals surface area contributed by atoms with Crippen LogP contribution < -0.4 is 10.6 Å². The molecule has 0 amide bonds. The standard InChI is InChI=1S/C21H33N5S.HI/c1-17-16-27-20(25-17)11-8-13-23-21(22-3)24-14-12-18(2)26(4)15-19-9-6-5-7-10-19;/h5-7,9-10,16,18H,8,11-15H2,1-4H3,(H2,22,23,24);1H. The second-order valence-electron chi connectivity index (χ2n) is 6.95. The van der Waals surface area contributed by atoms with Crippen LogP contribution in [0.5, 0.6) is 0 Å². The fraction of sp³-hybridized carbons (Fsp3) is 0.524. The Hall–Kier alpha value is -1.19. The summed E-state index contributed by atoms with van der Waals surface area (Å²) >= 11 is 1.74. The van der Waals surface area contributed by atoms with Crippen molar-refractivity contribution in [1.29, 1.82) is 0 Å². The molecule has 2 N–H and O–H groups in total. The van der Waals surface area contributed by atoms with Crippen LogP contribution in [0.25, 0.3) is 0 Å². The SMILES string of the molecule is CN=C(NCCCc1nc(C)cs1)NCCC(C)N(C)Cc1ccccc1.I. The predicted octanol–water partition coefficient (Wildman–Crippen LogP) is 4.08. The first-order valence-corrected chi connectivity index (χ1v) is 10.6. The van der Waals surface area contributed by atoms with Crippen LogP contribution in [0.1, 0.15) is 36.0 Å². The summed E-state index contributed by atoms with van der Waals surface area (Å²) in [4.78, 5) is 11.2. The molecule has 7 heteroatoms. The molecule has 0 bridgehead atoms. The van der Waals surface area contributed by atoms with Crippen LogP contribution in [0, 0.1) is 6.92 Å². The van der Waals surface area contributed by atoms with Crippen LogP contribution in [0.3, 0.4) is 0 Å². The van der Waals surface area contributed by atoms with Crippen LogP contribution in [0.4, 0.5) is 0 Å². The Bertz CT molecular complexity index is 689. The van der Waals surface area contributed by atoms with Crippen molar-refractivity contribution in [1.82, 2.24) is 20.5 Å². The third kappa shape index (κ3) is 9.34. The van der Waals surface area contributed by atoms with Gasteiger partial charge >= 0.3 is 0 Å². The van der Waals surface area contributed by atoms with Crippen molar-refractivity contribution in [3.63, 3.8) is 0 Å². The van der Waals surface area contributed by atoms with Crippen LogP contribution >= 0.6 is 35.3 Å². The summed E-state index contributed by atoms with van der Waals surface area (Å²) in [6.07, 6.45) is 3.15. The van der Waals surface area contributed by atoms with Crippen LogP contribution in [0.2, 0.25) is 0 Å². The molecule has 0 saturated carbocycles. The summed E-state index contributed by atoms with van der Waals surface area (Å²) in [5, 5.41) is 10.1. The van der Waals surface area contributed by atoms with E-state index in [4.69, 9.17) is 0 Å². The fourth-order valence-electron chi connectivity index (χ4n) is 2.83. The maximum atomic E-state index is 4.50. The van der Waals surface area contributed by atoms with Gasteiger partial charge in [-0.05, 0) is 39.3 Å². The normalized spacial score (nSPS) is 12.5. The molecule has 5 nitrogen and oxygen atoms in total. The molecular formula is C21H34IN5S. The summed E-state index contributed by atoms with van der Waals surface area (Å²) < 4.78 is 0. The first-order valence-electron chi connectivity index (χ1n) is 9.68. The smallest absolute Gasteiger partial charge is 0.190 e. The van der Waals surface area contributed by atoms with Gasteiger partial charge in [-0.25, -0.2) is 4.98 Å². The van der Waals surface area contributed by atoms with Gasteiger partial charge in [0.25, 0.3) is 0 Å². The van der Waals surface area contributed by atoms with E-state index in [9.17, 15) is 0 Å². The van der Waals surface area contributed by atoms with Gasteiger partial charge in [0.05, 0.1) is 5.01 Å². The average Bonchev–Trinajstić information content (AvgIpc) is 3.09. The van der Waals surface area contributed by atoms with Crippen molar-refractivity contribution in [2.45, 2.75) is 45.7 Å². The number of rotatable bonds is 10. The zero-order chi connectivity index (χ0) is 19.5. The van der Waals surface area contributed by atoms with Gasteiger partial charge in [-0.1, -0.05) is 30.3 Å². The summed E-state index contributed by atoms with van der Waals surface area (Å²) in [6.45, 7) is 7.11. The zero-order valence-electron chi connectivity index (χ0n) is 17.4. The Balaban J connectivity index is 0.00000392. The van der Waals surface area contributed by atoms with E-state index in [1.165, 1.54) is 10.6 Å². The molecule has 1 heterocycles. The number of aryl methyl sites for hydroxylation is 2. The molecule has 0 aliphatic carbocycles. The Labute approximate surface area is 191 Å². The molecule has 1 unspecified atom stereocenters. The molecule has 0 aliphatic heterocycles. The molecule has 0 spiro atoms. The first-order chi connectivity index (χ1) is 13.1. The molecule has 2 aromatic rings. The second kappa shape index (κ2) is 13.9. The quantitative estimate of drug-likeness (QED) is 0.217. The molecule has 1 atom stereocenters. The molecular weight excluding hydrogens is 481 g/mol. The molecule has 156 valence electrons. The zero-order valence-corrected chi connectivity index (χ0v) is 20.6. The summed E-state index contributed by atoms with van der Waals surface area (Å²) in [5.74, 6) is 0.878. The third-order valence-electron chi connectivity index (χ3n) is 4.63. The predicted molar refractivity (Wildman–Crippen MR) is 132 cm³/mol. The van der Waals surface area contributed by atoms with Gasteiger partial charge in [-0.3, -0.25) is 9.89 Å². The molecule has 2 rings (SSSR count). The molecule has 1 aromatic heterocycles. The van der Waals surface area contributed by atoms with Gasteiger partial charge in [0.1, 0.15) is 0 Å². The number of nitrogens with zero attached hydrogens (tertiary/aromatic N) is 3. The van der Waals surface area contributed by atoms with Crippen molar-refractivity contribution in [3.8, 4) is 0 Å². The molecule has 0 saturated heterocycles. The minimum absolute atomic E-state index is 0. The number of aromatic nitrogens is 1. The molecule has 0 fully saturated rings. The van der Waals surface area contributed by atoms with E-state index in [0.29, 0.717) is 6.04 Å². The fourth-order valence-corrected chi connectivity index (χ4v) is 3.65. The Morgan fingerprint density at radius 3 is 2.57 bits per heavy atom. The van der Waals surface area contributed by atoms with Crippen molar-refractivity contribution in [3.05, 3.63) is 52.0 Å². The minimum Gasteiger partial charge on any atom is -0.356 e. The number of hydrogen-bond acceptors (Lipinski definition) is 4. The molecule has 1 aromatic carbocycles. The van der Waals surface area contributed by atoms with Crippen molar-refractivity contribution in [2.24, 2.45) is 4.99 Å². The summed E-state index contributed by atoms with van der Waals surface area (Å²) in [5.41, 5.74) is 2.47. The van der Waals surface area contributed by atoms with Crippen LogP contribution in [-0.2, 0) is 13.0 Å². The highest BCUT2D eigenvalue weighted by Gasteiger charge is 2.09. The number of thiazole rings is 1. The number of nitrogens with one attached hydrogen (secondary N) is 2. The second-order valence-corrected chi connectivity index (χ2v) is 7.89. The highest BCUT2D eigenvalue weighted by Crippen LogP contribution is 2.10. The number of guanidine groups is 1. The van der Waals surface area contributed by atoms with E-state index in [0.717, 1.165) is 50.6 Å². The summed E-state index contributed by atoms with van der Waals surface area (Å²) in [6, 6.07) is 11.1. The van der Waals surface area contributed by atoms with E-state index >= 15 is 0 Å². The lowest BCUT2D eigenvalue weighted by Crippen LogP contribution is -2.40. The largest absolute Gasteiger partial charge is 0.356 e. The number of benzene rings is 1. The minimum atomic E-state index is 0. The topological polar surface area (TPSA) is 52.6 Å². The van der Waals surface area contributed by atoms with Crippen LogP contribution in [0.15, 0.2) is 40.7 Å². The molecule has 0 radical (unpaired) electrons. The molecule has 28 heavy (non-hydrogen) atoms. The number of aliphatic imine (C=N–C) groups is 1. The van der Waals surface area contributed by atoms with Crippen molar-refractivity contribution < 1.29 is 0 Å². The maximum Gasteiger partial charge on any atom is 0.190 e. The summed E-state index contributed by atoms with van der Waals surface area (Å²) in [7, 11) is 4.01. The third-order valence-corrected chi connectivity index (χ3v) is 5.66. The van der Waals surface area contributed by atoms with Gasteiger partial charge in [0, 0.05) is 50.2 Å². The Kier molecular flexibility index (Phi) is 12.3. The van der Waals surface area contributed by atoms with E-state index < -0.39 is 0 Å². The van der Waals surface area contributed by atoms with Crippen molar-refractivity contribution >= 4 is 41.3 Å². The number of hydrogen-bond donors (Lipinski definition) is 2. The lowest BCUT2D eigenvalue weighted by Gasteiger charge is -2.25. The van der Waals surface area contributed by atoms with Crippen LogP contribution in [-0.4, -0.2) is 49.1 Å². The van der Waals surface area contributed by atoms with E-state index in [-0.39, 0.29) is 24.0 Å². The van der Waals surface area contributed by atoms with E-state index in [1.54, 1.807) is 11.3 Å². The lowest BCUT2D eigenvalue weighted by molar-refractivity contribution is 0.238. The van der Waals surface area contributed by atoms with Gasteiger partial charge in [0.2, 0.25) is 0 Å². The average molecular weight is 516 g/mol. The monoisotopic (exact) mass is 515 g/mol. The van der Waals surface area contributed by atoms with E-state index in [1.807, 2.05) is 14.0 Å². The van der Waals surface area contributed by atoms with Gasteiger partial charge in [-0.2, -0.15) is 0 Å². The molecule has 0 aliphatic rings. The van der Waals surface area contributed by atoms with Crippen molar-refractivity contribution in [2.75, 3.05) is 27.2 Å². The highest BCUT2D eigenvalue weighted by molar-refractivity contribution is 14.0. The van der Waals surface area contributed by atoms with E-state index in [2.05, 4.69) is 75.2 Å². The first kappa shape index (κ1) is 24.8. The van der Waals surface area contributed by atoms with Gasteiger partial charge in [-0.15, -0.1) is 35.3 Å². The Morgan fingerprint density at radius 2 is 1.93 bits per heavy atom. The number of halogens is 1. The maximum absolute atomic E-state index is 4.50.